The smallest absolute Gasteiger partial charge is 0.413 e. The number of rotatable bonds is 15. The monoisotopic (exact) mass is 772 g/mol. The zero-order chi connectivity index (χ0) is 40.8. The molecule has 56 heavy (non-hydrogen) atoms. The predicted molar refractivity (Wildman–Crippen MR) is 204 cm³/mol. The maximum atomic E-state index is 14.4. The molecule has 296 valence electrons. The summed E-state index contributed by atoms with van der Waals surface area (Å²) in [5.74, 6) is -3.10. The van der Waals surface area contributed by atoms with Crippen LogP contribution in [0.5, 0.6) is 5.75 Å². The zero-order valence-electron chi connectivity index (χ0n) is 30.8. The Kier molecular flexibility index (Phi) is 14.7. The average Bonchev–Trinajstić information content (AvgIpc) is 3.17. The number of methoxy groups -OCH3 is 2. The number of hydrogen-bond donors (Lipinski definition) is 7. The molecule has 19 heteroatoms. The van der Waals surface area contributed by atoms with Gasteiger partial charge in [-0.25, -0.2) is 14.8 Å². The standard InChI is InChI=1S/C37H44N10O9/c1-55-27-15-5-22(6-16-27)20-28(44-32(51)24-9-13-26(14-10-24)43-36(40)45-37(54)56-2)33(52)47-19-18-46(21-30(48)49)34(53)29(47)4-3-17-41-31(50)23-7-11-25(12-8-23)42-35(38)39/h5-16,28-29H,3-4,17-21H2,1-2H3,(H,41,50)(H,44,51)(H,48,49)(H4,38,39,42)(H3,40,43,45,54)/t28?,29-/m0/s1. The number of aliphatic imine (C=N–C) groups is 2. The molecule has 1 unspecified atom stereocenters. The van der Waals surface area contributed by atoms with Gasteiger partial charge in [0.15, 0.2) is 5.96 Å². The van der Waals surface area contributed by atoms with Crippen molar-refractivity contribution in [2.24, 2.45) is 27.2 Å². The number of piperazine rings is 1. The van der Waals surface area contributed by atoms with Crippen LogP contribution in [0.1, 0.15) is 39.1 Å². The number of alkyl carbamates (subject to hydrolysis) is 1. The van der Waals surface area contributed by atoms with Crippen LogP contribution in [0.25, 0.3) is 0 Å². The van der Waals surface area contributed by atoms with Gasteiger partial charge < -0.3 is 52.2 Å². The van der Waals surface area contributed by atoms with E-state index in [-0.39, 0.29) is 62.3 Å². The maximum Gasteiger partial charge on any atom is 0.413 e. The Bertz CT molecular complexity index is 1950. The molecular formula is C37H44N10O9. The lowest BCUT2D eigenvalue weighted by molar-refractivity contribution is -0.156. The number of guanidine groups is 2. The van der Waals surface area contributed by atoms with Gasteiger partial charge in [0.05, 0.1) is 25.6 Å². The van der Waals surface area contributed by atoms with Crippen molar-refractivity contribution in [1.82, 2.24) is 25.8 Å². The van der Waals surface area contributed by atoms with Crippen molar-refractivity contribution in [3.05, 3.63) is 89.5 Å². The van der Waals surface area contributed by atoms with Crippen molar-refractivity contribution in [2.45, 2.75) is 31.3 Å². The van der Waals surface area contributed by atoms with Crippen LogP contribution in [0.3, 0.4) is 0 Å². The van der Waals surface area contributed by atoms with Crippen LogP contribution in [0.15, 0.2) is 82.8 Å². The summed E-state index contributed by atoms with van der Waals surface area (Å²) in [5, 5.41) is 17.3. The van der Waals surface area contributed by atoms with Crippen LogP contribution in [0.2, 0.25) is 0 Å². The fourth-order valence-corrected chi connectivity index (χ4v) is 5.79. The van der Waals surface area contributed by atoms with E-state index in [0.29, 0.717) is 28.3 Å². The van der Waals surface area contributed by atoms with Gasteiger partial charge in [0, 0.05) is 37.2 Å². The number of ether oxygens (including phenoxy) is 2. The Morgan fingerprint density at radius 2 is 1.46 bits per heavy atom. The number of carboxylic acid groups (broad SMARTS) is 1. The van der Waals surface area contributed by atoms with Crippen molar-refractivity contribution in [2.75, 3.05) is 40.4 Å². The summed E-state index contributed by atoms with van der Waals surface area (Å²) in [6.45, 7) is -0.463. The second-order valence-electron chi connectivity index (χ2n) is 12.4. The molecular weight excluding hydrogens is 728 g/mol. The Labute approximate surface area is 321 Å². The average molecular weight is 773 g/mol. The highest BCUT2D eigenvalue weighted by molar-refractivity contribution is 5.99. The quantitative estimate of drug-likeness (QED) is 0.0635. The first-order valence-electron chi connectivity index (χ1n) is 17.3. The van der Waals surface area contributed by atoms with E-state index >= 15 is 0 Å². The zero-order valence-corrected chi connectivity index (χ0v) is 30.8. The number of benzene rings is 3. The predicted octanol–water partition coefficient (Wildman–Crippen LogP) is 0.578. The third-order valence-corrected chi connectivity index (χ3v) is 8.52. The molecule has 0 bridgehead atoms. The van der Waals surface area contributed by atoms with E-state index in [2.05, 4.69) is 30.7 Å². The Balaban J connectivity index is 1.53. The second kappa shape index (κ2) is 19.8. The van der Waals surface area contributed by atoms with Crippen LogP contribution in [0.4, 0.5) is 16.2 Å². The summed E-state index contributed by atoms with van der Waals surface area (Å²) < 4.78 is 9.74. The largest absolute Gasteiger partial charge is 0.497 e. The fourth-order valence-electron chi connectivity index (χ4n) is 5.79. The van der Waals surface area contributed by atoms with Gasteiger partial charge >= 0.3 is 12.1 Å². The molecule has 10 N–H and O–H groups in total. The molecule has 0 saturated carbocycles. The first-order chi connectivity index (χ1) is 26.8. The van der Waals surface area contributed by atoms with Gasteiger partial charge in [0.2, 0.25) is 17.8 Å². The third kappa shape index (κ3) is 11.9. The summed E-state index contributed by atoms with van der Waals surface area (Å²) in [4.78, 5) is 88.0. The van der Waals surface area contributed by atoms with E-state index in [0.717, 1.165) is 0 Å². The summed E-state index contributed by atoms with van der Waals surface area (Å²) in [7, 11) is 2.69. The van der Waals surface area contributed by atoms with Crippen LogP contribution < -0.4 is 37.9 Å². The molecule has 0 aliphatic carbocycles. The summed E-state index contributed by atoms with van der Waals surface area (Å²) in [6.07, 6.45) is -0.425. The number of amides is 5. The van der Waals surface area contributed by atoms with Crippen molar-refractivity contribution in [3.8, 4) is 5.75 Å². The van der Waals surface area contributed by atoms with E-state index in [4.69, 9.17) is 21.9 Å². The van der Waals surface area contributed by atoms with Crippen molar-refractivity contribution >= 4 is 59.0 Å². The van der Waals surface area contributed by atoms with Crippen LogP contribution in [-0.2, 0) is 25.5 Å². The van der Waals surface area contributed by atoms with Gasteiger partial charge in [-0.05, 0) is 79.1 Å². The molecule has 0 spiro atoms. The molecule has 1 saturated heterocycles. The fraction of sp³-hybridized carbons (Fsp3) is 0.297. The van der Waals surface area contributed by atoms with E-state index in [9.17, 15) is 33.9 Å². The van der Waals surface area contributed by atoms with Gasteiger partial charge in [-0.1, -0.05) is 12.1 Å². The van der Waals surface area contributed by atoms with Gasteiger partial charge in [0.1, 0.15) is 24.4 Å². The van der Waals surface area contributed by atoms with Gasteiger partial charge in [-0.2, -0.15) is 0 Å². The molecule has 1 aliphatic rings. The van der Waals surface area contributed by atoms with E-state index in [1.54, 1.807) is 48.5 Å². The normalized spacial score (nSPS) is 14.6. The lowest BCUT2D eigenvalue weighted by atomic mass is 9.99. The molecule has 1 aliphatic heterocycles. The molecule has 0 radical (unpaired) electrons. The molecule has 0 aromatic heterocycles. The van der Waals surface area contributed by atoms with Crippen molar-refractivity contribution in [1.29, 1.82) is 0 Å². The van der Waals surface area contributed by atoms with Crippen LogP contribution in [-0.4, -0.2) is 115 Å². The topological polar surface area (TPSA) is 286 Å². The number of carboxylic acids is 1. The number of nitrogens with one attached hydrogen (secondary N) is 3. The number of nitrogens with two attached hydrogens (primary N) is 3. The highest BCUT2D eigenvalue weighted by Crippen LogP contribution is 2.21. The lowest BCUT2D eigenvalue weighted by Gasteiger charge is -2.41. The molecule has 2 atom stereocenters. The molecule has 5 amide bonds. The maximum absolute atomic E-state index is 14.4. The van der Waals surface area contributed by atoms with Crippen LogP contribution in [0, 0.1) is 0 Å². The first-order valence-corrected chi connectivity index (χ1v) is 17.3. The van der Waals surface area contributed by atoms with Gasteiger partial charge in [-0.3, -0.25) is 29.3 Å². The number of aliphatic carboxylic acids is 1. The minimum absolute atomic E-state index is 0.000258. The number of nitrogens with zero attached hydrogens (tertiary/aromatic N) is 4. The Morgan fingerprint density at radius 3 is 2.04 bits per heavy atom. The molecule has 19 nitrogen and oxygen atoms in total. The number of hydrogen-bond acceptors (Lipinski definition) is 10. The van der Waals surface area contributed by atoms with Crippen LogP contribution >= 0.6 is 0 Å². The van der Waals surface area contributed by atoms with E-state index in [1.807, 2.05) is 0 Å². The van der Waals surface area contributed by atoms with Gasteiger partial charge in [0.25, 0.3) is 11.8 Å². The first kappa shape index (κ1) is 41.6. The third-order valence-electron chi connectivity index (χ3n) is 8.52. The van der Waals surface area contributed by atoms with E-state index in [1.165, 1.54) is 48.3 Å². The minimum Gasteiger partial charge on any atom is -0.497 e. The highest BCUT2D eigenvalue weighted by atomic mass is 16.5. The molecule has 1 heterocycles. The number of carbonyl (C=O) groups is 6. The Hall–Kier alpha value is -7.18. The highest BCUT2D eigenvalue weighted by Gasteiger charge is 2.40. The summed E-state index contributed by atoms with van der Waals surface area (Å²) in [6, 6.07) is 16.8. The van der Waals surface area contributed by atoms with Crippen molar-refractivity contribution < 1.29 is 43.3 Å². The minimum atomic E-state index is -1.21. The molecule has 1 fully saturated rings. The Morgan fingerprint density at radius 1 is 0.857 bits per heavy atom. The SMILES string of the molecule is COC(=O)NC(N)=Nc1ccc(C(=O)NC(Cc2ccc(OC)cc2)C(=O)N2CCN(CC(=O)O)C(=O)[C@@H]2CCCNC(=O)c2ccc(N=C(N)N)cc2)cc1. The van der Waals surface area contributed by atoms with Gasteiger partial charge in [-0.15, -0.1) is 0 Å². The molecule has 4 rings (SSSR count). The summed E-state index contributed by atoms with van der Waals surface area (Å²) >= 11 is 0. The lowest BCUT2D eigenvalue weighted by Crippen LogP contribution is -2.63. The van der Waals surface area contributed by atoms with E-state index < -0.39 is 48.4 Å². The molecule has 3 aromatic carbocycles. The van der Waals surface area contributed by atoms with Crippen molar-refractivity contribution in [3.63, 3.8) is 0 Å². The number of carbonyl (C=O) groups excluding carboxylic acids is 5. The summed E-state index contributed by atoms with van der Waals surface area (Å²) in [5.41, 5.74) is 18.5. The molecule has 3 aromatic rings. The second-order valence-corrected chi connectivity index (χ2v) is 12.4.